The summed E-state index contributed by atoms with van der Waals surface area (Å²) in [6.07, 6.45) is 2.93. The largest absolute Gasteiger partial charge is 0.504 e. The van der Waals surface area contributed by atoms with Crippen LogP contribution in [0.1, 0.15) is 45.5 Å². The van der Waals surface area contributed by atoms with Gasteiger partial charge in [-0.1, -0.05) is 18.2 Å². The number of methoxy groups -OCH3 is 1. The van der Waals surface area contributed by atoms with Gasteiger partial charge in [-0.15, -0.1) is 0 Å². The maximum absolute atomic E-state index is 11.3. The topological polar surface area (TPSA) is 94.9 Å². The van der Waals surface area contributed by atoms with E-state index in [1.54, 1.807) is 19.2 Å². The van der Waals surface area contributed by atoms with Gasteiger partial charge in [0.2, 0.25) is 5.75 Å². The first-order valence-corrected chi connectivity index (χ1v) is 14.7. The number of phenols is 3. The lowest BCUT2D eigenvalue weighted by Gasteiger charge is -2.36. The minimum absolute atomic E-state index is 0.00714. The van der Waals surface area contributed by atoms with E-state index in [4.69, 9.17) is 14.2 Å². The zero-order chi connectivity index (χ0) is 29.8. The molecule has 4 aromatic carbocycles. The van der Waals surface area contributed by atoms with E-state index in [-0.39, 0.29) is 35.1 Å². The molecule has 2 atom stereocenters. The van der Waals surface area contributed by atoms with Crippen molar-refractivity contribution in [3.63, 3.8) is 0 Å². The number of hydrogen-bond donors (Lipinski definition) is 3. The molecule has 43 heavy (non-hydrogen) atoms. The second kappa shape index (κ2) is 10.7. The summed E-state index contributed by atoms with van der Waals surface area (Å²) in [6.45, 7) is 1.69. The molecule has 3 N–H and O–H groups in total. The number of benzene rings is 4. The molecule has 0 saturated heterocycles. The molecule has 0 aliphatic carbocycles. The van der Waals surface area contributed by atoms with Gasteiger partial charge >= 0.3 is 0 Å². The van der Waals surface area contributed by atoms with Crippen LogP contribution in [0.2, 0.25) is 0 Å². The predicted octanol–water partition coefficient (Wildman–Crippen LogP) is 6.25. The van der Waals surface area contributed by atoms with Crippen LogP contribution in [-0.4, -0.2) is 59.4 Å². The van der Waals surface area contributed by atoms with E-state index in [1.165, 1.54) is 0 Å². The summed E-state index contributed by atoms with van der Waals surface area (Å²) in [5.41, 5.74) is 6.23. The second-order valence-electron chi connectivity index (χ2n) is 11.9. The van der Waals surface area contributed by atoms with Gasteiger partial charge in [-0.05, 0) is 110 Å². The summed E-state index contributed by atoms with van der Waals surface area (Å²) in [5, 5.41) is 33.1. The molecule has 0 unspecified atom stereocenters. The Labute approximate surface area is 251 Å². The van der Waals surface area contributed by atoms with Crippen LogP contribution in [0.25, 0.3) is 0 Å². The van der Waals surface area contributed by atoms with E-state index >= 15 is 0 Å². The van der Waals surface area contributed by atoms with Gasteiger partial charge in [-0.25, -0.2) is 0 Å². The summed E-state index contributed by atoms with van der Waals surface area (Å²) >= 11 is 0. The molecule has 4 heterocycles. The average Bonchev–Trinajstić information content (AvgIpc) is 3.00. The molecule has 4 aromatic rings. The fourth-order valence-electron chi connectivity index (χ4n) is 6.79. The van der Waals surface area contributed by atoms with Crippen molar-refractivity contribution in [2.24, 2.45) is 0 Å². The highest BCUT2D eigenvalue weighted by Gasteiger charge is 2.33. The van der Waals surface area contributed by atoms with Crippen molar-refractivity contribution in [1.29, 1.82) is 0 Å². The molecule has 0 aromatic heterocycles. The lowest BCUT2D eigenvalue weighted by Crippen LogP contribution is -2.34. The highest BCUT2D eigenvalue weighted by Crippen LogP contribution is 2.50. The first-order valence-electron chi connectivity index (χ1n) is 14.7. The standard InChI is InChI=1S/C35H36N2O6/c1-36-12-10-22-17-29(39)31-19-25(22)26(36)14-20-4-7-24(8-5-20)42-35-33-23(18-32(41-3)34(35)40)11-13-37(2)27(33)15-21-6-9-28(38)30(16-21)43-31/h4-9,16-19,26-27,38-40H,10-15H2,1-3H3/t26-,27-/m1/s1. The van der Waals surface area contributed by atoms with E-state index in [2.05, 4.69) is 36.0 Å². The smallest absolute Gasteiger partial charge is 0.201 e. The molecule has 4 aliphatic rings. The number of fused-ring (bicyclic) bond motifs is 2. The summed E-state index contributed by atoms with van der Waals surface area (Å²) < 4.78 is 18.3. The molecule has 6 bridgehead atoms. The van der Waals surface area contributed by atoms with Gasteiger partial charge in [-0.2, -0.15) is 0 Å². The summed E-state index contributed by atoms with van der Waals surface area (Å²) in [4.78, 5) is 4.57. The van der Waals surface area contributed by atoms with Crippen LogP contribution in [0.3, 0.4) is 0 Å². The minimum Gasteiger partial charge on any atom is -0.504 e. The molecule has 4 aliphatic heterocycles. The van der Waals surface area contributed by atoms with Crippen LogP contribution < -0.4 is 14.2 Å². The SMILES string of the molecule is COc1cc2c3c(c1O)Oc1ccc(cc1)C[C@@H]1c4cc(c(O)cc4CCN1C)Oc1cc(ccc1O)C[C@H]3N(C)CC2. The fraction of sp³-hybridized carbons (Fsp3) is 0.314. The maximum Gasteiger partial charge on any atom is 0.201 e. The van der Waals surface area contributed by atoms with Crippen molar-refractivity contribution in [3.05, 3.63) is 94.0 Å². The molecule has 8 rings (SSSR count). The molecule has 0 spiro atoms. The van der Waals surface area contributed by atoms with Gasteiger partial charge in [0.25, 0.3) is 0 Å². The average molecular weight is 581 g/mol. The lowest BCUT2D eigenvalue weighted by molar-refractivity contribution is 0.222. The van der Waals surface area contributed by atoms with Crippen molar-refractivity contribution in [2.75, 3.05) is 34.3 Å². The van der Waals surface area contributed by atoms with Crippen LogP contribution in [0.4, 0.5) is 0 Å². The normalized spacial score (nSPS) is 19.9. The summed E-state index contributed by atoms with van der Waals surface area (Å²) in [7, 11) is 5.73. The van der Waals surface area contributed by atoms with Gasteiger partial charge < -0.3 is 29.5 Å². The van der Waals surface area contributed by atoms with Crippen molar-refractivity contribution in [2.45, 2.75) is 37.8 Å². The highest BCUT2D eigenvalue weighted by molar-refractivity contribution is 5.62. The Morgan fingerprint density at radius 2 is 1.40 bits per heavy atom. The highest BCUT2D eigenvalue weighted by atomic mass is 16.5. The van der Waals surface area contributed by atoms with E-state index in [0.717, 1.165) is 65.7 Å². The molecular weight excluding hydrogens is 544 g/mol. The van der Waals surface area contributed by atoms with Crippen molar-refractivity contribution >= 4 is 0 Å². The van der Waals surface area contributed by atoms with Gasteiger partial charge in [0.1, 0.15) is 5.75 Å². The molecular formula is C35H36N2O6. The number of rotatable bonds is 1. The lowest BCUT2D eigenvalue weighted by atomic mass is 9.87. The van der Waals surface area contributed by atoms with Crippen LogP contribution >= 0.6 is 0 Å². The Morgan fingerprint density at radius 1 is 0.721 bits per heavy atom. The third-order valence-electron chi connectivity index (χ3n) is 9.25. The monoisotopic (exact) mass is 580 g/mol. The first-order chi connectivity index (χ1) is 20.8. The summed E-state index contributed by atoms with van der Waals surface area (Å²) in [5.74, 6) is 2.02. The van der Waals surface area contributed by atoms with E-state index in [1.807, 2.05) is 36.4 Å². The molecule has 8 heteroatoms. The third kappa shape index (κ3) is 4.90. The molecule has 0 radical (unpaired) electrons. The van der Waals surface area contributed by atoms with Gasteiger partial charge in [-0.3, -0.25) is 9.80 Å². The van der Waals surface area contributed by atoms with Gasteiger partial charge in [0, 0.05) is 30.7 Å². The number of likely N-dealkylation sites (N-methyl/N-ethyl adjacent to an activating group) is 2. The number of ether oxygens (including phenoxy) is 3. The van der Waals surface area contributed by atoms with Crippen LogP contribution in [0.15, 0.2) is 60.7 Å². The Morgan fingerprint density at radius 3 is 2.16 bits per heavy atom. The maximum atomic E-state index is 11.3. The van der Waals surface area contributed by atoms with Crippen molar-refractivity contribution < 1.29 is 29.5 Å². The Kier molecular flexibility index (Phi) is 6.83. The molecule has 0 saturated carbocycles. The molecule has 8 nitrogen and oxygen atoms in total. The third-order valence-corrected chi connectivity index (χ3v) is 9.25. The van der Waals surface area contributed by atoms with Crippen LogP contribution in [0, 0.1) is 0 Å². The van der Waals surface area contributed by atoms with Crippen molar-refractivity contribution in [3.8, 4) is 46.0 Å². The predicted molar refractivity (Wildman–Crippen MR) is 163 cm³/mol. The van der Waals surface area contributed by atoms with Gasteiger partial charge in [0.05, 0.1) is 7.11 Å². The zero-order valence-electron chi connectivity index (χ0n) is 24.6. The van der Waals surface area contributed by atoms with E-state index in [9.17, 15) is 15.3 Å². The molecule has 222 valence electrons. The number of phenolic OH excluding ortho intramolecular Hbond substituents is 3. The first kappa shape index (κ1) is 27.4. The molecule has 0 amide bonds. The minimum atomic E-state index is -0.125. The second-order valence-corrected chi connectivity index (χ2v) is 11.9. The molecule has 0 fully saturated rings. The zero-order valence-corrected chi connectivity index (χ0v) is 24.6. The Hall–Kier alpha value is -4.40. The van der Waals surface area contributed by atoms with Crippen molar-refractivity contribution in [1.82, 2.24) is 9.80 Å². The van der Waals surface area contributed by atoms with E-state index < -0.39 is 0 Å². The number of aromatic hydroxyl groups is 3. The number of nitrogens with zero attached hydrogens (tertiary/aromatic N) is 2. The van der Waals surface area contributed by atoms with Crippen LogP contribution in [-0.2, 0) is 25.7 Å². The summed E-state index contributed by atoms with van der Waals surface area (Å²) in [6, 6.07) is 18.9. The van der Waals surface area contributed by atoms with Crippen LogP contribution in [0.5, 0.6) is 46.0 Å². The van der Waals surface area contributed by atoms with Gasteiger partial charge in [0.15, 0.2) is 34.5 Å². The Balaban J connectivity index is 1.41. The quantitative estimate of drug-likeness (QED) is 0.243. The fourth-order valence-corrected chi connectivity index (χ4v) is 6.79. The number of hydrogen-bond acceptors (Lipinski definition) is 8. The van der Waals surface area contributed by atoms with E-state index in [0.29, 0.717) is 29.4 Å². The Bertz CT molecular complexity index is 1700.